The summed E-state index contributed by atoms with van der Waals surface area (Å²) in [5.41, 5.74) is 6.10. The molecule has 0 bridgehead atoms. The lowest BCUT2D eigenvalue weighted by Crippen LogP contribution is -2.37. The van der Waals surface area contributed by atoms with Gasteiger partial charge < -0.3 is 21.1 Å². The van der Waals surface area contributed by atoms with Gasteiger partial charge in [0.05, 0.1) is 0 Å². The van der Waals surface area contributed by atoms with Crippen LogP contribution < -0.4 is 21.1 Å². The van der Waals surface area contributed by atoms with Crippen LogP contribution in [0.4, 0.5) is 0 Å². The van der Waals surface area contributed by atoms with Gasteiger partial charge in [0.2, 0.25) is 0 Å². The Morgan fingerprint density at radius 3 is 2.90 bits per heavy atom. The molecule has 0 atom stereocenters. The highest BCUT2D eigenvalue weighted by Gasteiger charge is 2.20. The van der Waals surface area contributed by atoms with Gasteiger partial charge in [0, 0.05) is 20.1 Å². The van der Waals surface area contributed by atoms with Gasteiger partial charge in [-0.05, 0) is 36.5 Å². The monoisotopic (exact) mass is 290 g/mol. The van der Waals surface area contributed by atoms with Gasteiger partial charge in [-0.1, -0.05) is 12.1 Å². The van der Waals surface area contributed by atoms with E-state index in [9.17, 15) is 4.79 Å². The number of aliphatic imine (C=N–C) groups is 1. The number of guanidine groups is 1. The number of amides is 1. The molecule has 2 rings (SSSR count). The molecular formula is C15H22N4O2. The van der Waals surface area contributed by atoms with Crippen LogP contribution >= 0.6 is 0 Å². The summed E-state index contributed by atoms with van der Waals surface area (Å²) < 4.78 is 5.28. The minimum absolute atomic E-state index is 0.110. The second-order valence-electron chi connectivity index (χ2n) is 5.15. The van der Waals surface area contributed by atoms with Crippen LogP contribution in [0, 0.1) is 5.92 Å². The number of nitrogens with two attached hydrogens (primary N) is 1. The maximum absolute atomic E-state index is 10.7. The number of nitrogens with zero attached hydrogens (tertiary/aromatic N) is 1. The molecule has 4 N–H and O–H groups in total. The zero-order valence-corrected chi connectivity index (χ0v) is 12.3. The van der Waals surface area contributed by atoms with E-state index >= 15 is 0 Å². The van der Waals surface area contributed by atoms with Gasteiger partial charge >= 0.3 is 0 Å². The first kappa shape index (κ1) is 15.2. The maximum Gasteiger partial charge on any atom is 0.255 e. The number of carbonyl (C=O) groups excluding carboxylic acids is 1. The first-order chi connectivity index (χ1) is 10.2. The minimum atomic E-state index is -0.483. The number of hydrogen-bond acceptors (Lipinski definition) is 3. The number of ether oxygens (including phenoxy) is 1. The SMILES string of the molecule is CN=C(NCc1cccc(OCC(N)=O)c1)NCC1CC1. The van der Waals surface area contributed by atoms with Crippen LogP contribution in [0.5, 0.6) is 5.75 Å². The zero-order chi connectivity index (χ0) is 15.1. The second-order valence-corrected chi connectivity index (χ2v) is 5.15. The molecule has 0 spiro atoms. The fourth-order valence-corrected chi connectivity index (χ4v) is 1.87. The molecule has 0 saturated heterocycles. The first-order valence-electron chi connectivity index (χ1n) is 7.12. The molecule has 1 saturated carbocycles. The van der Waals surface area contributed by atoms with Crippen molar-refractivity contribution in [2.75, 3.05) is 20.2 Å². The van der Waals surface area contributed by atoms with Crippen molar-refractivity contribution in [3.05, 3.63) is 29.8 Å². The van der Waals surface area contributed by atoms with Crippen LogP contribution in [-0.4, -0.2) is 32.1 Å². The normalized spacial score (nSPS) is 14.6. The summed E-state index contributed by atoms with van der Waals surface area (Å²) in [6.45, 7) is 1.50. The summed E-state index contributed by atoms with van der Waals surface area (Å²) >= 11 is 0. The van der Waals surface area contributed by atoms with Crippen molar-refractivity contribution in [2.24, 2.45) is 16.6 Å². The van der Waals surface area contributed by atoms with E-state index in [1.807, 2.05) is 18.2 Å². The van der Waals surface area contributed by atoms with Crippen molar-refractivity contribution >= 4 is 11.9 Å². The van der Waals surface area contributed by atoms with Gasteiger partial charge in [0.1, 0.15) is 5.75 Å². The Balaban J connectivity index is 1.80. The van der Waals surface area contributed by atoms with Gasteiger partial charge in [0.25, 0.3) is 5.91 Å². The van der Waals surface area contributed by atoms with Crippen molar-refractivity contribution < 1.29 is 9.53 Å². The first-order valence-corrected chi connectivity index (χ1v) is 7.12. The highest BCUT2D eigenvalue weighted by atomic mass is 16.5. The standard InChI is InChI=1S/C15H22N4O2/c1-17-15(18-8-11-5-6-11)19-9-12-3-2-4-13(7-12)21-10-14(16)20/h2-4,7,11H,5-6,8-10H2,1H3,(H2,16,20)(H2,17,18,19). The van der Waals surface area contributed by atoms with Gasteiger partial charge in [-0.3, -0.25) is 9.79 Å². The van der Waals surface area contributed by atoms with Crippen LogP contribution in [0.15, 0.2) is 29.3 Å². The van der Waals surface area contributed by atoms with Crippen molar-refractivity contribution in [1.82, 2.24) is 10.6 Å². The Morgan fingerprint density at radius 2 is 2.24 bits per heavy atom. The van der Waals surface area contributed by atoms with Gasteiger partial charge in [0.15, 0.2) is 12.6 Å². The van der Waals surface area contributed by atoms with Gasteiger partial charge in [-0.15, -0.1) is 0 Å². The molecule has 21 heavy (non-hydrogen) atoms. The molecule has 1 amide bonds. The highest BCUT2D eigenvalue weighted by molar-refractivity contribution is 5.79. The Labute approximate surface area is 124 Å². The predicted molar refractivity (Wildman–Crippen MR) is 82.1 cm³/mol. The van der Waals surface area contributed by atoms with Crippen LogP contribution in [0.25, 0.3) is 0 Å². The van der Waals surface area contributed by atoms with Crippen LogP contribution in [0.1, 0.15) is 18.4 Å². The quantitative estimate of drug-likeness (QED) is 0.507. The fraction of sp³-hybridized carbons (Fsp3) is 0.467. The number of primary amides is 1. The van der Waals surface area contributed by atoms with Crippen molar-refractivity contribution in [3.63, 3.8) is 0 Å². The third-order valence-corrected chi connectivity index (χ3v) is 3.22. The van der Waals surface area contributed by atoms with E-state index in [0.29, 0.717) is 12.3 Å². The number of carbonyl (C=O) groups is 1. The van der Waals surface area contributed by atoms with E-state index in [2.05, 4.69) is 15.6 Å². The summed E-state index contributed by atoms with van der Waals surface area (Å²) in [6.07, 6.45) is 2.62. The second kappa shape index (κ2) is 7.52. The molecule has 6 heteroatoms. The molecule has 0 radical (unpaired) electrons. The van der Waals surface area contributed by atoms with Gasteiger partial charge in [-0.2, -0.15) is 0 Å². The molecular weight excluding hydrogens is 268 g/mol. The number of nitrogens with one attached hydrogen (secondary N) is 2. The van der Waals surface area contributed by atoms with E-state index in [-0.39, 0.29) is 6.61 Å². The summed E-state index contributed by atoms with van der Waals surface area (Å²) in [5, 5.41) is 6.56. The third kappa shape index (κ3) is 5.72. The molecule has 1 aromatic rings. The minimum Gasteiger partial charge on any atom is -0.484 e. The lowest BCUT2D eigenvalue weighted by Gasteiger charge is -2.12. The molecule has 0 unspecified atom stereocenters. The molecule has 1 aromatic carbocycles. The largest absolute Gasteiger partial charge is 0.484 e. The average molecular weight is 290 g/mol. The van der Waals surface area contributed by atoms with Crippen molar-refractivity contribution in [1.29, 1.82) is 0 Å². The number of benzene rings is 1. The lowest BCUT2D eigenvalue weighted by molar-refractivity contribution is -0.119. The maximum atomic E-state index is 10.7. The number of rotatable bonds is 7. The Kier molecular flexibility index (Phi) is 5.43. The fourth-order valence-electron chi connectivity index (χ4n) is 1.87. The van der Waals surface area contributed by atoms with Crippen LogP contribution in [0.2, 0.25) is 0 Å². The Morgan fingerprint density at radius 1 is 1.43 bits per heavy atom. The van der Waals surface area contributed by atoms with Crippen LogP contribution in [0.3, 0.4) is 0 Å². The predicted octanol–water partition coefficient (Wildman–Crippen LogP) is 0.626. The molecule has 114 valence electrons. The van der Waals surface area contributed by atoms with E-state index in [0.717, 1.165) is 24.0 Å². The van der Waals surface area contributed by atoms with Crippen molar-refractivity contribution in [3.8, 4) is 5.75 Å². The smallest absolute Gasteiger partial charge is 0.255 e. The van der Waals surface area contributed by atoms with E-state index in [1.165, 1.54) is 12.8 Å². The molecule has 1 aliphatic carbocycles. The third-order valence-electron chi connectivity index (χ3n) is 3.22. The topological polar surface area (TPSA) is 88.7 Å². The zero-order valence-electron chi connectivity index (χ0n) is 12.3. The Hall–Kier alpha value is -2.24. The number of hydrogen-bond donors (Lipinski definition) is 3. The molecule has 0 heterocycles. The van der Waals surface area contributed by atoms with E-state index in [4.69, 9.17) is 10.5 Å². The Bertz CT molecular complexity index is 512. The van der Waals surface area contributed by atoms with Gasteiger partial charge in [-0.25, -0.2) is 0 Å². The molecule has 1 fully saturated rings. The lowest BCUT2D eigenvalue weighted by atomic mass is 10.2. The average Bonchev–Trinajstić information content (AvgIpc) is 3.30. The van der Waals surface area contributed by atoms with Crippen molar-refractivity contribution in [2.45, 2.75) is 19.4 Å². The highest BCUT2D eigenvalue weighted by Crippen LogP contribution is 2.27. The summed E-state index contributed by atoms with van der Waals surface area (Å²) in [7, 11) is 1.76. The van der Waals surface area contributed by atoms with E-state index in [1.54, 1.807) is 13.1 Å². The molecule has 0 aromatic heterocycles. The molecule has 0 aliphatic heterocycles. The van der Waals surface area contributed by atoms with Crippen LogP contribution in [-0.2, 0) is 11.3 Å². The molecule has 6 nitrogen and oxygen atoms in total. The molecule has 1 aliphatic rings. The summed E-state index contributed by atoms with van der Waals surface area (Å²) in [4.78, 5) is 14.9. The van der Waals surface area contributed by atoms with E-state index < -0.39 is 5.91 Å². The summed E-state index contributed by atoms with van der Waals surface area (Å²) in [5.74, 6) is 1.75. The summed E-state index contributed by atoms with van der Waals surface area (Å²) in [6, 6.07) is 7.54.